The molecule has 1 amide bonds. The number of aromatic nitrogens is 1. The molecule has 0 saturated carbocycles. The van der Waals surface area contributed by atoms with E-state index in [1.807, 2.05) is 42.7 Å². The molecule has 3 rings (SSSR count). The first-order valence-electron chi connectivity index (χ1n) is 9.47. The van der Waals surface area contributed by atoms with Gasteiger partial charge in [-0.1, -0.05) is 31.5 Å². The van der Waals surface area contributed by atoms with Gasteiger partial charge in [-0.2, -0.15) is 0 Å². The van der Waals surface area contributed by atoms with Crippen molar-refractivity contribution in [2.75, 3.05) is 5.32 Å². The summed E-state index contributed by atoms with van der Waals surface area (Å²) in [7, 11) is 0. The Balaban J connectivity index is 1.78. The minimum absolute atomic E-state index is 0.0122. The summed E-state index contributed by atoms with van der Waals surface area (Å²) < 4.78 is 1.84. The van der Waals surface area contributed by atoms with Gasteiger partial charge in [0.2, 0.25) is 5.91 Å². The fraction of sp³-hybridized carbons (Fsp3) is 0.304. The van der Waals surface area contributed by atoms with Gasteiger partial charge in [0.25, 0.3) is 0 Å². The summed E-state index contributed by atoms with van der Waals surface area (Å²) in [5.74, 6) is -0.111. The number of nitrogens with zero attached hydrogens (tertiary/aromatic N) is 1. The first kappa shape index (κ1) is 18.9. The molecule has 0 aliphatic heterocycles. The van der Waals surface area contributed by atoms with Gasteiger partial charge in [-0.3, -0.25) is 9.59 Å². The monoisotopic (exact) mass is 362 g/mol. The zero-order chi connectivity index (χ0) is 19.4. The van der Waals surface area contributed by atoms with E-state index in [1.165, 1.54) is 24.5 Å². The topological polar surface area (TPSA) is 51.1 Å². The zero-order valence-electron chi connectivity index (χ0n) is 16.2. The van der Waals surface area contributed by atoms with Crippen molar-refractivity contribution in [3.63, 3.8) is 0 Å². The Morgan fingerprint density at radius 2 is 1.81 bits per heavy atom. The van der Waals surface area contributed by atoms with Crippen LogP contribution in [-0.4, -0.2) is 10.5 Å². The number of amides is 1. The Morgan fingerprint density at radius 3 is 2.52 bits per heavy atom. The molecular formula is C23H26N2O2. The lowest BCUT2D eigenvalue weighted by molar-refractivity contribution is -0.116. The Morgan fingerprint density at radius 1 is 1.07 bits per heavy atom. The fourth-order valence-electron chi connectivity index (χ4n) is 3.44. The summed E-state index contributed by atoms with van der Waals surface area (Å²) >= 11 is 0. The maximum absolute atomic E-state index is 12.5. The van der Waals surface area contributed by atoms with E-state index >= 15 is 0 Å². The molecule has 0 saturated heterocycles. The summed E-state index contributed by atoms with van der Waals surface area (Å²) in [4.78, 5) is 24.8. The van der Waals surface area contributed by atoms with Crippen molar-refractivity contribution < 1.29 is 4.79 Å². The lowest BCUT2D eigenvalue weighted by Crippen LogP contribution is -2.20. The first-order valence-corrected chi connectivity index (χ1v) is 9.47. The second kappa shape index (κ2) is 8.21. The number of benzene rings is 2. The number of unbranched alkanes of at least 4 members (excludes halogenated alkanes) is 1. The van der Waals surface area contributed by atoms with E-state index in [-0.39, 0.29) is 17.9 Å². The number of rotatable bonds is 6. The van der Waals surface area contributed by atoms with Crippen LogP contribution in [0.5, 0.6) is 0 Å². The van der Waals surface area contributed by atoms with Crippen LogP contribution in [0.3, 0.4) is 0 Å². The molecule has 0 aliphatic rings. The highest BCUT2D eigenvalue weighted by Crippen LogP contribution is 2.18. The molecule has 0 unspecified atom stereocenters. The molecule has 0 aliphatic carbocycles. The normalized spacial score (nSPS) is 10.9. The minimum atomic E-state index is -0.111. The maximum atomic E-state index is 12.5. The molecule has 1 heterocycles. The van der Waals surface area contributed by atoms with Gasteiger partial charge in [-0.25, -0.2) is 0 Å². The largest absolute Gasteiger partial charge is 0.338 e. The van der Waals surface area contributed by atoms with Crippen LogP contribution in [0.1, 0.15) is 36.5 Å². The number of carbonyl (C=O) groups excluding carboxylic acids is 1. The average molecular weight is 362 g/mol. The number of hydrogen-bond donors (Lipinski definition) is 1. The Labute approximate surface area is 159 Å². The third kappa shape index (κ3) is 4.45. The van der Waals surface area contributed by atoms with Gasteiger partial charge in [0, 0.05) is 23.3 Å². The molecule has 3 aromatic rings. The van der Waals surface area contributed by atoms with Crippen molar-refractivity contribution in [1.82, 2.24) is 4.57 Å². The van der Waals surface area contributed by atoms with Crippen LogP contribution in [0.2, 0.25) is 0 Å². The lowest BCUT2D eigenvalue weighted by atomic mass is 10.1. The smallest absolute Gasteiger partial charge is 0.244 e. The third-order valence-corrected chi connectivity index (χ3v) is 4.79. The first-order chi connectivity index (χ1) is 13.0. The number of hydrogen-bond acceptors (Lipinski definition) is 2. The van der Waals surface area contributed by atoms with Gasteiger partial charge >= 0.3 is 0 Å². The standard InChI is InChI=1S/C23H26N2O2/c1-4-5-6-18-7-9-19(10-8-18)24-22(27)15-25-12-11-21(26)23-17(3)13-16(2)14-20(23)25/h7-14H,4-6,15H2,1-3H3,(H,24,27). The highest BCUT2D eigenvalue weighted by atomic mass is 16.2. The van der Waals surface area contributed by atoms with Crippen LogP contribution in [0.25, 0.3) is 10.9 Å². The Kier molecular flexibility index (Phi) is 5.75. The molecule has 0 bridgehead atoms. The van der Waals surface area contributed by atoms with E-state index < -0.39 is 0 Å². The highest BCUT2D eigenvalue weighted by Gasteiger charge is 2.10. The molecule has 0 spiro atoms. The molecule has 1 aromatic heterocycles. The van der Waals surface area contributed by atoms with Crippen LogP contribution in [0.4, 0.5) is 5.69 Å². The Hall–Kier alpha value is -2.88. The molecule has 0 atom stereocenters. The summed E-state index contributed by atoms with van der Waals surface area (Å²) in [5.41, 5.74) is 4.87. The number of anilines is 1. The molecule has 0 radical (unpaired) electrons. The van der Waals surface area contributed by atoms with Crippen molar-refractivity contribution in [3.8, 4) is 0 Å². The van der Waals surface area contributed by atoms with Gasteiger partial charge in [0.15, 0.2) is 5.43 Å². The third-order valence-electron chi connectivity index (χ3n) is 4.79. The lowest BCUT2D eigenvalue weighted by Gasteiger charge is -2.13. The van der Waals surface area contributed by atoms with E-state index in [1.54, 1.807) is 6.20 Å². The predicted octanol–water partition coefficient (Wildman–Crippen LogP) is 4.60. The van der Waals surface area contributed by atoms with Crippen molar-refractivity contribution >= 4 is 22.5 Å². The summed E-state index contributed by atoms with van der Waals surface area (Å²) in [6, 6.07) is 13.5. The summed E-state index contributed by atoms with van der Waals surface area (Å²) in [6.45, 7) is 6.27. The van der Waals surface area contributed by atoms with Crippen molar-refractivity contribution in [2.45, 2.75) is 46.6 Å². The van der Waals surface area contributed by atoms with E-state index in [4.69, 9.17) is 0 Å². The van der Waals surface area contributed by atoms with E-state index in [2.05, 4.69) is 24.4 Å². The van der Waals surface area contributed by atoms with Crippen LogP contribution in [-0.2, 0) is 17.8 Å². The summed E-state index contributed by atoms with van der Waals surface area (Å²) in [6.07, 6.45) is 5.10. The maximum Gasteiger partial charge on any atom is 0.244 e. The van der Waals surface area contributed by atoms with E-state index in [0.717, 1.165) is 28.8 Å². The number of fused-ring (bicyclic) bond motifs is 1. The van der Waals surface area contributed by atoms with Gasteiger partial charge in [0.1, 0.15) is 6.54 Å². The molecule has 27 heavy (non-hydrogen) atoms. The predicted molar refractivity (Wildman–Crippen MR) is 111 cm³/mol. The molecule has 0 fully saturated rings. The van der Waals surface area contributed by atoms with Gasteiger partial charge in [0.05, 0.1) is 5.52 Å². The quantitative estimate of drug-likeness (QED) is 0.697. The highest BCUT2D eigenvalue weighted by molar-refractivity contribution is 5.92. The van der Waals surface area contributed by atoms with Crippen molar-refractivity contribution in [1.29, 1.82) is 0 Å². The zero-order valence-corrected chi connectivity index (χ0v) is 16.2. The molecule has 140 valence electrons. The number of pyridine rings is 1. The second-order valence-corrected chi connectivity index (χ2v) is 7.13. The van der Waals surface area contributed by atoms with Gasteiger partial charge < -0.3 is 9.88 Å². The van der Waals surface area contributed by atoms with Crippen molar-refractivity contribution in [2.24, 2.45) is 0 Å². The molecule has 1 N–H and O–H groups in total. The summed E-state index contributed by atoms with van der Waals surface area (Å²) in [5, 5.41) is 3.62. The molecule has 4 heteroatoms. The average Bonchev–Trinajstić information content (AvgIpc) is 2.63. The second-order valence-electron chi connectivity index (χ2n) is 7.13. The fourth-order valence-corrected chi connectivity index (χ4v) is 3.44. The Bertz CT molecular complexity index is 1020. The van der Waals surface area contributed by atoms with Crippen LogP contribution in [0.15, 0.2) is 53.5 Å². The molecule has 2 aromatic carbocycles. The molecular weight excluding hydrogens is 336 g/mol. The van der Waals surface area contributed by atoms with Gasteiger partial charge in [-0.05, 0) is 61.6 Å². The number of nitrogens with one attached hydrogen (secondary N) is 1. The van der Waals surface area contributed by atoms with Crippen LogP contribution >= 0.6 is 0 Å². The number of aryl methyl sites for hydroxylation is 3. The SMILES string of the molecule is CCCCc1ccc(NC(=O)Cn2ccc(=O)c3c(C)cc(C)cc32)cc1. The minimum Gasteiger partial charge on any atom is -0.338 e. The van der Waals surface area contributed by atoms with E-state index in [0.29, 0.717) is 5.39 Å². The number of carbonyl (C=O) groups is 1. The van der Waals surface area contributed by atoms with Crippen LogP contribution in [0, 0.1) is 13.8 Å². The molecule has 4 nitrogen and oxygen atoms in total. The van der Waals surface area contributed by atoms with Crippen molar-refractivity contribution in [3.05, 3.63) is 75.6 Å². The van der Waals surface area contributed by atoms with E-state index in [9.17, 15) is 9.59 Å². The van der Waals surface area contributed by atoms with Gasteiger partial charge in [-0.15, -0.1) is 0 Å². The van der Waals surface area contributed by atoms with Crippen LogP contribution < -0.4 is 10.7 Å².